The molecule has 3 aromatic rings. The van der Waals surface area contributed by atoms with Crippen LogP contribution in [0.15, 0.2) is 48.5 Å². The summed E-state index contributed by atoms with van der Waals surface area (Å²) in [5, 5.41) is 3.42. The Kier molecular flexibility index (Phi) is 6.68. The summed E-state index contributed by atoms with van der Waals surface area (Å²) in [6.45, 7) is 0.823. The fraction of sp³-hybridized carbons (Fsp3) is 0.300. The number of fused-ring (bicyclic) bond motifs is 1. The number of alkyl carbamates (subject to hydrolysis) is 1. The van der Waals surface area contributed by atoms with Gasteiger partial charge in [0.25, 0.3) is 0 Å². The highest BCUT2D eigenvalue weighted by atomic mass is 35.5. The standard InChI is InChI=1S/C20H23ClN4O2/c21-15-9-10-17-18(12-15)25-19(24-17)16(22)8-4-5-11-23-20(26)27-13-14-6-2-1-3-7-14/h1-3,6-7,9-10,12,16H,4-5,8,11,13,22H2,(H,23,26)(H,24,25)/t16-/m0/s1. The number of nitrogens with zero attached hydrogens (tertiary/aromatic N) is 1. The number of nitrogens with two attached hydrogens (primary N) is 1. The molecule has 0 bridgehead atoms. The van der Waals surface area contributed by atoms with Gasteiger partial charge >= 0.3 is 6.09 Å². The summed E-state index contributed by atoms with van der Waals surface area (Å²) in [5.41, 5.74) is 8.92. The third kappa shape index (κ3) is 5.70. The second-order valence-electron chi connectivity index (χ2n) is 6.37. The lowest BCUT2D eigenvalue weighted by Gasteiger charge is -2.09. The summed E-state index contributed by atoms with van der Waals surface area (Å²) in [6, 6.07) is 14.9. The van der Waals surface area contributed by atoms with Crippen molar-refractivity contribution in [2.75, 3.05) is 6.54 Å². The van der Waals surface area contributed by atoms with Gasteiger partial charge in [0.05, 0.1) is 17.1 Å². The van der Waals surface area contributed by atoms with Gasteiger partial charge in [-0.05, 0) is 43.0 Å². The number of imidazole rings is 1. The molecule has 0 radical (unpaired) electrons. The summed E-state index contributed by atoms with van der Waals surface area (Å²) in [5.74, 6) is 0.752. The molecule has 142 valence electrons. The largest absolute Gasteiger partial charge is 0.445 e. The van der Waals surface area contributed by atoms with Crippen molar-refractivity contribution in [3.63, 3.8) is 0 Å². The first-order chi connectivity index (χ1) is 13.1. The quantitative estimate of drug-likeness (QED) is 0.503. The average molecular weight is 387 g/mol. The minimum atomic E-state index is -0.405. The van der Waals surface area contributed by atoms with Crippen molar-refractivity contribution in [3.8, 4) is 0 Å². The lowest BCUT2D eigenvalue weighted by Crippen LogP contribution is -2.25. The van der Waals surface area contributed by atoms with Gasteiger partial charge in [-0.2, -0.15) is 0 Å². The van der Waals surface area contributed by atoms with Gasteiger partial charge in [-0.1, -0.05) is 41.9 Å². The van der Waals surface area contributed by atoms with Crippen LogP contribution in [0.4, 0.5) is 4.79 Å². The third-order valence-corrected chi connectivity index (χ3v) is 4.47. The number of aromatic amines is 1. The number of nitrogens with one attached hydrogen (secondary N) is 2. The molecule has 0 spiro atoms. The fourth-order valence-electron chi connectivity index (χ4n) is 2.77. The topological polar surface area (TPSA) is 93.0 Å². The van der Waals surface area contributed by atoms with Gasteiger partial charge in [0.15, 0.2) is 0 Å². The Morgan fingerprint density at radius 2 is 2.04 bits per heavy atom. The van der Waals surface area contributed by atoms with Crippen molar-refractivity contribution in [3.05, 3.63) is 64.9 Å². The van der Waals surface area contributed by atoms with Crippen LogP contribution in [0.1, 0.15) is 36.7 Å². The fourth-order valence-corrected chi connectivity index (χ4v) is 2.94. The Balaban J connectivity index is 1.33. The van der Waals surface area contributed by atoms with E-state index in [4.69, 9.17) is 22.1 Å². The van der Waals surface area contributed by atoms with Gasteiger partial charge in [0, 0.05) is 11.6 Å². The number of hydrogen-bond acceptors (Lipinski definition) is 4. The Morgan fingerprint density at radius 3 is 2.85 bits per heavy atom. The van der Waals surface area contributed by atoms with E-state index in [9.17, 15) is 4.79 Å². The van der Waals surface area contributed by atoms with Crippen molar-refractivity contribution >= 4 is 28.7 Å². The number of H-pyrrole nitrogens is 1. The predicted molar refractivity (Wildman–Crippen MR) is 107 cm³/mol. The molecule has 0 saturated carbocycles. The Morgan fingerprint density at radius 1 is 1.22 bits per heavy atom. The number of halogens is 1. The van der Waals surface area contributed by atoms with Gasteiger partial charge < -0.3 is 20.8 Å². The molecule has 6 nitrogen and oxygen atoms in total. The molecule has 27 heavy (non-hydrogen) atoms. The number of rotatable bonds is 8. The molecule has 1 amide bonds. The van der Waals surface area contributed by atoms with Crippen molar-refractivity contribution in [2.24, 2.45) is 5.73 Å². The Hall–Kier alpha value is -2.57. The van der Waals surface area contributed by atoms with Crippen LogP contribution in [0.25, 0.3) is 11.0 Å². The SMILES string of the molecule is N[C@@H](CCCCNC(=O)OCc1ccccc1)c1nc2ccc(Cl)cc2[nH]1. The van der Waals surface area contributed by atoms with Crippen molar-refractivity contribution < 1.29 is 9.53 Å². The lowest BCUT2D eigenvalue weighted by molar-refractivity contribution is 0.139. The van der Waals surface area contributed by atoms with E-state index < -0.39 is 6.09 Å². The molecule has 0 unspecified atom stereocenters. The first-order valence-corrected chi connectivity index (χ1v) is 9.35. The minimum Gasteiger partial charge on any atom is -0.445 e. The zero-order chi connectivity index (χ0) is 19.1. The van der Waals surface area contributed by atoms with E-state index in [0.717, 1.165) is 41.7 Å². The first-order valence-electron chi connectivity index (χ1n) is 8.97. The first kappa shape index (κ1) is 19.2. The lowest BCUT2D eigenvalue weighted by atomic mass is 10.1. The molecule has 0 saturated heterocycles. The molecule has 0 aliphatic rings. The number of carbonyl (C=O) groups is 1. The molecule has 1 aromatic heterocycles. The summed E-state index contributed by atoms with van der Waals surface area (Å²) in [7, 11) is 0. The minimum absolute atomic E-state index is 0.179. The van der Waals surface area contributed by atoms with Crippen LogP contribution in [-0.2, 0) is 11.3 Å². The van der Waals surface area contributed by atoms with Crippen LogP contribution in [0, 0.1) is 0 Å². The smallest absolute Gasteiger partial charge is 0.407 e. The highest BCUT2D eigenvalue weighted by Crippen LogP contribution is 2.21. The molecule has 0 aliphatic carbocycles. The highest BCUT2D eigenvalue weighted by Gasteiger charge is 2.11. The molecule has 0 fully saturated rings. The molecule has 4 N–H and O–H groups in total. The number of carbonyl (C=O) groups excluding carboxylic acids is 1. The van der Waals surface area contributed by atoms with Gasteiger partial charge in [0.2, 0.25) is 0 Å². The van der Waals surface area contributed by atoms with Crippen LogP contribution in [0.3, 0.4) is 0 Å². The van der Waals surface area contributed by atoms with E-state index in [1.807, 2.05) is 48.5 Å². The molecule has 1 heterocycles. The second-order valence-corrected chi connectivity index (χ2v) is 6.81. The van der Waals surface area contributed by atoms with E-state index in [0.29, 0.717) is 11.6 Å². The molecule has 1 atom stereocenters. The normalized spacial score (nSPS) is 12.1. The third-order valence-electron chi connectivity index (χ3n) is 4.24. The molecule has 3 rings (SSSR count). The zero-order valence-corrected chi connectivity index (χ0v) is 15.7. The number of hydrogen-bond donors (Lipinski definition) is 3. The van der Waals surface area contributed by atoms with Gasteiger partial charge in [0.1, 0.15) is 12.4 Å². The maximum absolute atomic E-state index is 11.7. The monoisotopic (exact) mass is 386 g/mol. The molecular formula is C20H23ClN4O2. The van der Waals surface area contributed by atoms with Crippen LogP contribution >= 0.6 is 11.6 Å². The van der Waals surface area contributed by atoms with E-state index in [-0.39, 0.29) is 12.6 Å². The summed E-state index contributed by atoms with van der Waals surface area (Å²) < 4.78 is 5.17. The van der Waals surface area contributed by atoms with Crippen LogP contribution < -0.4 is 11.1 Å². The van der Waals surface area contributed by atoms with Crippen molar-refractivity contribution in [2.45, 2.75) is 31.9 Å². The maximum Gasteiger partial charge on any atom is 0.407 e. The van der Waals surface area contributed by atoms with E-state index in [1.165, 1.54) is 0 Å². The number of amides is 1. The Labute approximate surface area is 163 Å². The van der Waals surface area contributed by atoms with E-state index >= 15 is 0 Å². The zero-order valence-electron chi connectivity index (χ0n) is 15.0. The van der Waals surface area contributed by atoms with E-state index in [1.54, 1.807) is 0 Å². The van der Waals surface area contributed by atoms with Crippen LogP contribution in [-0.4, -0.2) is 22.6 Å². The van der Waals surface area contributed by atoms with Gasteiger partial charge in [-0.3, -0.25) is 0 Å². The molecule has 2 aromatic carbocycles. The summed E-state index contributed by atoms with van der Waals surface area (Å²) in [4.78, 5) is 19.4. The van der Waals surface area contributed by atoms with Crippen molar-refractivity contribution in [1.29, 1.82) is 0 Å². The van der Waals surface area contributed by atoms with Gasteiger partial charge in [-0.15, -0.1) is 0 Å². The average Bonchev–Trinajstić information content (AvgIpc) is 3.10. The van der Waals surface area contributed by atoms with E-state index in [2.05, 4.69) is 15.3 Å². The number of unbranched alkanes of at least 4 members (excludes halogenated alkanes) is 1. The predicted octanol–water partition coefficient (Wildman–Crippen LogP) is 4.31. The maximum atomic E-state index is 11.7. The molecule has 7 heteroatoms. The number of benzene rings is 2. The summed E-state index contributed by atoms with van der Waals surface area (Å²) in [6.07, 6.45) is 2.06. The number of ether oxygens (including phenoxy) is 1. The Bertz CT molecular complexity index is 882. The summed E-state index contributed by atoms with van der Waals surface area (Å²) >= 11 is 5.98. The highest BCUT2D eigenvalue weighted by molar-refractivity contribution is 6.31. The van der Waals surface area contributed by atoms with Crippen LogP contribution in [0.5, 0.6) is 0 Å². The van der Waals surface area contributed by atoms with Gasteiger partial charge in [-0.25, -0.2) is 9.78 Å². The van der Waals surface area contributed by atoms with Crippen LogP contribution in [0.2, 0.25) is 5.02 Å². The van der Waals surface area contributed by atoms with Crippen molar-refractivity contribution in [1.82, 2.24) is 15.3 Å². The molecular weight excluding hydrogens is 364 g/mol. The number of aromatic nitrogens is 2. The second kappa shape index (κ2) is 9.39. The molecule has 0 aliphatic heterocycles.